The number of esters is 1. The summed E-state index contributed by atoms with van der Waals surface area (Å²) >= 11 is 0. The number of amides is 2. The predicted molar refractivity (Wildman–Crippen MR) is 112 cm³/mol. The Morgan fingerprint density at radius 2 is 1.74 bits per heavy atom. The summed E-state index contributed by atoms with van der Waals surface area (Å²) in [5, 5.41) is 2.49. The lowest BCUT2D eigenvalue weighted by Crippen LogP contribution is -2.50. The first-order valence-electron chi connectivity index (χ1n) is 10.0. The normalized spacial score (nSPS) is 13.5. The molecule has 1 fully saturated rings. The molecule has 1 aromatic carbocycles. The van der Waals surface area contributed by atoms with Crippen molar-refractivity contribution in [1.82, 2.24) is 20.2 Å². The third-order valence-corrected chi connectivity index (χ3v) is 4.65. The van der Waals surface area contributed by atoms with Gasteiger partial charge in [-0.05, 0) is 25.1 Å². The summed E-state index contributed by atoms with van der Waals surface area (Å²) in [6.45, 7) is 3.69. The number of para-hydroxylation sites is 1. The summed E-state index contributed by atoms with van der Waals surface area (Å²) in [5.41, 5.74) is 0.327. The number of carbonyl (C=O) groups excluding carboxylic acids is 3. The topological polar surface area (TPSA) is 114 Å². The highest BCUT2D eigenvalue weighted by Gasteiger charge is 2.23. The van der Waals surface area contributed by atoms with E-state index in [-0.39, 0.29) is 19.1 Å². The van der Waals surface area contributed by atoms with Gasteiger partial charge in [0.2, 0.25) is 5.95 Å². The van der Waals surface area contributed by atoms with Gasteiger partial charge in [-0.25, -0.2) is 9.97 Å². The molecule has 0 saturated carbocycles. The maximum atomic E-state index is 12.3. The number of anilines is 1. The van der Waals surface area contributed by atoms with E-state index in [1.165, 1.54) is 0 Å². The van der Waals surface area contributed by atoms with E-state index in [1.807, 2.05) is 11.8 Å². The minimum Gasteiger partial charge on any atom is -0.493 e. The molecule has 10 heteroatoms. The molecule has 0 spiro atoms. The summed E-state index contributed by atoms with van der Waals surface area (Å²) < 4.78 is 10.4. The second-order valence-electron chi connectivity index (χ2n) is 6.69. The van der Waals surface area contributed by atoms with Crippen LogP contribution in [0, 0.1) is 0 Å². The minimum absolute atomic E-state index is 0.282. The molecule has 0 unspecified atom stereocenters. The lowest BCUT2D eigenvalue weighted by molar-refractivity contribution is -0.151. The van der Waals surface area contributed by atoms with Crippen LogP contribution in [0.4, 0.5) is 5.95 Å². The first-order chi connectivity index (χ1) is 15.1. The molecule has 0 bridgehead atoms. The van der Waals surface area contributed by atoms with Gasteiger partial charge in [0.05, 0.1) is 12.2 Å². The molecule has 2 amide bonds. The first kappa shape index (κ1) is 22.0. The fourth-order valence-corrected chi connectivity index (χ4v) is 3.08. The molecule has 1 aromatic heterocycles. The highest BCUT2D eigenvalue weighted by atomic mass is 16.5. The number of rotatable bonds is 8. The van der Waals surface area contributed by atoms with E-state index in [0.29, 0.717) is 50.0 Å². The highest BCUT2D eigenvalue weighted by Crippen LogP contribution is 2.17. The van der Waals surface area contributed by atoms with Crippen molar-refractivity contribution < 1.29 is 23.9 Å². The number of benzene rings is 1. The fourth-order valence-electron chi connectivity index (χ4n) is 3.08. The molecular formula is C21H25N5O5. The van der Waals surface area contributed by atoms with E-state index in [2.05, 4.69) is 15.3 Å². The van der Waals surface area contributed by atoms with Gasteiger partial charge in [-0.3, -0.25) is 14.4 Å². The van der Waals surface area contributed by atoms with Crippen molar-refractivity contribution in [3.05, 3.63) is 48.3 Å². The second kappa shape index (κ2) is 10.9. The lowest BCUT2D eigenvalue weighted by atomic mass is 10.2. The summed E-state index contributed by atoms with van der Waals surface area (Å²) in [5.74, 6) is -0.359. The zero-order valence-electron chi connectivity index (χ0n) is 17.3. The molecule has 2 aromatic rings. The quantitative estimate of drug-likeness (QED) is 0.606. The lowest BCUT2D eigenvalue weighted by Gasteiger charge is -2.34. The van der Waals surface area contributed by atoms with Gasteiger partial charge in [-0.2, -0.15) is 0 Å². The SMILES string of the molecule is CCOc1ccccc1C(=O)NCC(=O)OCC(=O)N1CCN(c2ncccn2)CC1. The summed E-state index contributed by atoms with van der Waals surface area (Å²) in [4.78, 5) is 48.6. The van der Waals surface area contributed by atoms with E-state index >= 15 is 0 Å². The van der Waals surface area contributed by atoms with Gasteiger partial charge in [-0.15, -0.1) is 0 Å². The highest BCUT2D eigenvalue weighted by molar-refractivity contribution is 5.98. The standard InChI is InChI=1S/C21H25N5O5/c1-2-30-17-7-4-3-6-16(17)20(29)24-14-19(28)31-15-18(27)25-10-12-26(13-11-25)21-22-8-5-9-23-21/h3-9H,2,10-15H2,1H3,(H,24,29). The number of nitrogens with zero attached hydrogens (tertiary/aromatic N) is 4. The summed E-state index contributed by atoms with van der Waals surface area (Å²) in [6, 6.07) is 8.50. The van der Waals surface area contributed by atoms with Crippen LogP contribution >= 0.6 is 0 Å². The van der Waals surface area contributed by atoms with Crippen molar-refractivity contribution in [3.8, 4) is 5.75 Å². The third-order valence-electron chi connectivity index (χ3n) is 4.65. The van der Waals surface area contributed by atoms with Crippen LogP contribution in [-0.4, -0.2) is 78.6 Å². The van der Waals surface area contributed by atoms with Gasteiger partial charge in [0, 0.05) is 38.6 Å². The molecule has 164 valence electrons. The molecule has 10 nitrogen and oxygen atoms in total. The maximum Gasteiger partial charge on any atom is 0.325 e. The van der Waals surface area contributed by atoms with E-state index in [1.54, 1.807) is 47.6 Å². The van der Waals surface area contributed by atoms with E-state index in [0.717, 1.165) is 0 Å². The molecule has 31 heavy (non-hydrogen) atoms. The number of aromatic nitrogens is 2. The van der Waals surface area contributed by atoms with Gasteiger partial charge in [0.1, 0.15) is 12.3 Å². The number of ether oxygens (including phenoxy) is 2. The molecule has 1 N–H and O–H groups in total. The Kier molecular flexibility index (Phi) is 7.74. The van der Waals surface area contributed by atoms with Gasteiger partial charge in [0.25, 0.3) is 11.8 Å². The Balaban J connectivity index is 1.39. The molecule has 0 aliphatic carbocycles. The molecule has 1 aliphatic heterocycles. The van der Waals surface area contributed by atoms with Crippen LogP contribution < -0.4 is 15.0 Å². The largest absolute Gasteiger partial charge is 0.493 e. The van der Waals surface area contributed by atoms with Gasteiger partial charge in [0.15, 0.2) is 6.61 Å². The van der Waals surface area contributed by atoms with Crippen LogP contribution in [-0.2, 0) is 14.3 Å². The minimum atomic E-state index is -0.688. The average molecular weight is 427 g/mol. The number of nitrogens with one attached hydrogen (secondary N) is 1. The van der Waals surface area contributed by atoms with Gasteiger partial charge >= 0.3 is 5.97 Å². The van der Waals surface area contributed by atoms with E-state index in [9.17, 15) is 14.4 Å². The van der Waals surface area contributed by atoms with Crippen LogP contribution in [0.15, 0.2) is 42.7 Å². The monoisotopic (exact) mass is 427 g/mol. The van der Waals surface area contributed by atoms with Crippen LogP contribution in [0.5, 0.6) is 5.75 Å². The number of piperazine rings is 1. The zero-order chi connectivity index (χ0) is 22.1. The Bertz CT molecular complexity index is 900. The van der Waals surface area contributed by atoms with Gasteiger partial charge in [-0.1, -0.05) is 12.1 Å². The molecule has 1 saturated heterocycles. The summed E-state index contributed by atoms with van der Waals surface area (Å²) in [6.07, 6.45) is 3.35. The predicted octanol–water partition coefficient (Wildman–Crippen LogP) is 0.497. The van der Waals surface area contributed by atoms with E-state index < -0.39 is 11.9 Å². The average Bonchev–Trinajstić information content (AvgIpc) is 2.82. The molecular weight excluding hydrogens is 402 g/mol. The number of hydrogen-bond acceptors (Lipinski definition) is 8. The first-order valence-corrected chi connectivity index (χ1v) is 10.0. The van der Waals surface area contributed by atoms with Crippen molar-refractivity contribution in [2.75, 3.05) is 50.8 Å². The smallest absolute Gasteiger partial charge is 0.325 e. The van der Waals surface area contributed by atoms with E-state index in [4.69, 9.17) is 9.47 Å². The van der Waals surface area contributed by atoms with Crippen molar-refractivity contribution >= 4 is 23.7 Å². The Morgan fingerprint density at radius 3 is 2.45 bits per heavy atom. The van der Waals surface area contributed by atoms with Crippen LogP contribution in [0.1, 0.15) is 17.3 Å². The maximum absolute atomic E-state index is 12.3. The van der Waals surface area contributed by atoms with Crippen LogP contribution in [0.2, 0.25) is 0 Å². The Morgan fingerprint density at radius 1 is 1.03 bits per heavy atom. The third kappa shape index (κ3) is 6.14. The summed E-state index contributed by atoms with van der Waals surface area (Å²) in [7, 11) is 0. The molecule has 1 aliphatic rings. The molecule has 3 rings (SSSR count). The van der Waals surface area contributed by atoms with Crippen molar-refractivity contribution in [2.45, 2.75) is 6.92 Å². The second-order valence-corrected chi connectivity index (χ2v) is 6.69. The zero-order valence-corrected chi connectivity index (χ0v) is 17.3. The van der Waals surface area contributed by atoms with Crippen LogP contribution in [0.3, 0.4) is 0 Å². The van der Waals surface area contributed by atoms with Crippen molar-refractivity contribution in [2.24, 2.45) is 0 Å². The molecule has 0 atom stereocenters. The Hall–Kier alpha value is -3.69. The van der Waals surface area contributed by atoms with Crippen molar-refractivity contribution in [1.29, 1.82) is 0 Å². The number of carbonyl (C=O) groups is 3. The van der Waals surface area contributed by atoms with Crippen molar-refractivity contribution in [3.63, 3.8) is 0 Å². The fraction of sp³-hybridized carbons (Fsp3) is 0.381. The Labute approximate surface area is 180 Å². The number of hydrogen-bond donors (Lipinski definition) is 1. The van der Waals surface area contributed by atoms with Crippen LogP contribution in [0.25, 0.3) is 0 Å². The van der Waals surface area contributed by atoms with Gasteiger partial charge < -0.3 is 24.6 Å². The molecule has 2 heterocycles. The molecule has 0 radical (unpaired) electrons.